The molecule has 8 heteroatoms. The van der Waals surface area contributed by atoms with E-state index in [9.17, 15) is 10.2 Å². The highest BCUT2D eigenvalue weighted by Gasteiger charge is 2.08. The second-order valence-corrected chi connectivity index (χ2v) is 8.06. The van der Waals surface area contributed by atoms with E-state index in [2.05, 4.69) is 31.9 Å². The molecule has 2 aromatic carbocycles. The quantitative estimate of drug-likeness (QED) is 0.295. The van der Waals surface area contributed by atoms with Gasteiger partial charge in [-0.15, -0.1) is 0 Å². The van der Waals surface area contributed by atoms with E-state index in [1.165, 1.54) is 0 Å². The van der Waals surface area contributed by atoms with Crippen LogP contribution < -0.4 is 31.9 Å². The summed E-state index contributed by atoms with van der Waals surface area (Å²) in [6.07, 6.45) is 0. The molecule has 8 N–H and O–H groups in total. The first-order valence-corrected chi connectivity index (χ1v) is 11.6. The number of hydrogen-bond acceptors (Lipinski definition) is 8. The summed E-state index contributed by atoms with van der Waals surface area (Å²) in [5, 5.41) is 41.4. The van der Waals surface area contributed by atoms with Gasteiger partial charge in [-0.1, -0.05) is 36.4 Å². The van der Waals surface area contributed by atoms with Crippen molar-refractivity contribution in [1.82, 2.24) is 31.9 Å². The summed E-state index contributed by atoms with van der Waals surface area (Å²) < 4.78 is 0. The number of phenolic OH excluding ortho intramolecular Hbond substituents is 2. The zero-order valence-corrected chi connectivity index (χ0v) is 18.8. The molecule has 0 aliphatic carbocycles. The Balaban J connectivity index is 1.51. The van der Waals surface area contributed by atoms with Gasteiger partial charge in [0.25, 0.3) is 0 Å². The summed E-state index contributed by atoms with van der Waals surface area (Å²) >= 11 is 0. The zero-order valence-electron chi connectivity index (χ0n) is 18.8. The lowest BCUT2D eigenvalue weighted by Crippen LogP contribution is -2.33. The molecule has 1 aliphatic heterocycles. The van der Waals surface area contributed by atoms with Crippen molar-refractivity contribution in [2.24, 2.45) is 0 Å². The van der Waals surface area contributed by atoms with E-state index in [1.807, 2.05) is 36.4 Å². The molecule has 2 aromatic rings. The lowest BCUT2D eigenvalue weighted by Gasteiger charge is -2.14. The summed E-state index contributed by atoms with van der Waals surface area (Å²) in [6, 6.07) is 11.9. The number of para-hydroxylation sites is 2. The van der Waals surface area contributed by atoms with Gasteiger partial charge in [0.15, 0.2) is 0 Å². The van der Waals surface area contributed by atoms with Crippen LogP contribution in [-0.2, 0) is 26.2 Å². The molecule has 1 heterocycles. The van der Waals surface area contributed by atoms with Crippen LogP contribution in [0.15, 0.2) is 36.4 Å². The number of hydrogen-bond donors (Lipinski definition) is 8. The van der Waals surface area contributed by atoms with E-state index >= 15 is 0 Å². The largest absolute Gasteiger partial charge is 0.507 e. The fourth-order valence-electron chi connectivity index (χ4n) is 3.71. The SMILES string of the molecule is Oc1c2cccc1CNCCNCCNCc1cccc(c1O)CNCCNCCNC2. The molecular formula is C24H38N6O2. The summed E-state index contributed by atoms with van der Waals surface area (Å²) in [7, 11) is 0. The van der Waals surface area contributed by atoms with Gasteiger partial charge in [-0.2, -0.15) is 0 Å². The van der Waals surface area contributed by atoms with Gasteiger partial charge in [0.1, 0.15) is 11.5 Å². The van der Waals surface area contributed by atoms with Crippen LogP contribution in [-0.4, -0.2) is 62.6 Å². The van der Waals surface area contributed by atoms with Gasteiger partial charge in [-0.25, -0.2) is 0 Å². The van der Waals surface area contributed by atoms with Crippen LogP contribution in [0.3, 0.4) is 0 Å². The third-order valence-corrected chi connectivity index (χ3v) is 5.58. The molecule has 0 saturated carbocycles. The maximum atomic E-state index is 10.5. The van der Waals surface area contributed by atoms with E-state index in [0.717, 1.165) is 74.6 Å². The third kappa shape index (κ3) is 8.05. The summed E-state index contributed by atoms with van der Waals surface area (Å²) in [5.74, 6) is 0.755. The Morgan fingerprint density at radius 2 is 0.656 bits per heavy atom. The van der Waals surface area contributed by atoms with Crippen molar-refractivity contribution >= 4 is 0 Å². The standard InChI is InChI=1S/C24H38N6O2/c31-23-19-3-1-4-20(23)16-28-12-8-26-10-14-30-18-22-6-2-5-21(24(22)32)17-29-13-9-25-7-11-27-15-19/h1-6,25-32H,7-18H2. The minimum absolute atomic E-state index is 0.378. The van der Waals surface area contributed by atoms with E-state index < -0.39 is 0 Å². The van der Waals surface area contributed by atoms with Crippen LogP contribution in [0.2, 0.25) is 0 Å². The first kappa shape index (κ1) is 24.4. The first-order chi connectivity index (χ1) is 15.8. The van der Waals surface area contributed by atoms with E-state index in [-0.39, 0.29) is 0 Å². The molecule has 0 unspecified atom stereocenters. The van der Waals surface area contributed by atoms with Crippen molar-refractivity contribution < 1.29 is 10.2 Å². The maximum absolute atomic E-state index is 10.5. The second-order valence-electron chi connectivity index (χ2n) is 8.06. The second kappa shape index (κ2) is 14.1. The Kier molecular flexibility index (Phi) is 10.7. The van der Waals surface area contributed by atoms with Crippen LogP contribution in [0.4, 0.5) is 0 Å². The third-order valence-electron chi connectivity index (χ3n) is 5.58. The van der Waals surface area contributed by atoms with Gasteiger partial charge in [0.05, 0.1) is 0 Å². The average Bonchev–Trinajstić information content (AvgIpc) is 2.80. The molecule has 0 fully saturated rings. The molecule has 0 saturated heterocycles. The molecule has 0 amide bonds. The van der Waals surface area contributed by atoms with E-state index in [4.69, 9.17) is 0 Å². The van der Waals surface area contributed by atoms with Gasteiger partial charge in [0.2, 0.25) is 0 Å². The molecule has 32 heavy (non-hydrogen) atoms. The van der Waals surface area contributed by atoms with Gasteiger partial charge in [-0.05, 0) is 0 Å². The first-order valence-electron chi connectivity index (χ1n) is 11.6. The normalized spacial score (nSPS) is 18.5. The van der Waals surface area contributed by atoms with Crippen LogP contribution in [0.25, 0.3) is 0 Å². The highest BCUT2D eigenvalue weighted by atomic mass is 16.3. The molecule has 0 atom stereocenters. The fraction of sp³-hybridized carbons (Fsp3) is 0.500. The smallest absolute Gasteiger partial charge is 0.124 e. The summed E-state index contributed by atoms with van der Waals surface area (Å²) in [4.78, 5) is 0. The molecule has 8 nitrogen and oxygen atoms in total. The van der Waals surface area contributed by atoms with Gasteiger partial charge in [-0.3, -0.25) is 0 Å². The Morgan fingerprint density at radius 1 is 0.406 bits per heavy atom. The van der Waals surface area contributed by atoms with E-state index in [1.54, 1.807) is 0 Å². The minimum atomic E-state index is 0.378. The lowest BCUT2D eigenvalue weighted by atomic mass is 10.1. The van der Waals surface area contributed by atoms with Crippen molar-refractivity contribution in [3.8, 4) is 11.5 Å². The summed E-state index contributed by atoms with van der Waals surface area (Å²) in [6.45, 7) is 9.26. The average molecular weight is 443 g/mol. The molecule has 0 radical (unpaired) electrons. The summed E-state index contributed by atoms with van der Waals surface area (Å²) in [5.41, 5.74) is 3.69. The Labute approximate surface area is 191 Å². The van der Waals surface area contributed by atoms with Crippen molar-refractivity contribution in [2.45, 2.75) is 26.2 Å². The predicted octanol–water partition coefficient (Wildman–Crippen LogP) is 0.349. The molecule has 1 aliphatic rings. The molecule has 0 aromatic heterocycles. The highest BCUT2D eigenvalue weighted by Crippen LogP contribution is 2.23. The number of fused-ring (bicyclic) bond motifs is 4. The van der Waals surface area contributed by atoms with E-state index in [0.29, 0.717) is 37.7 Å². The Bertz CT molecular complexity index is 693. The number of aromatic hydroxyl groups is 2. The molecular weight excluding hydrogens is 404 g/mol. The predicted molar refractivity (Wildman–Crippen MR) is 129 cm³/mol. The van der Waals surface area contributed by atoms with Crippen molar-refractivity contribution in [2.75, 3.05) is 52.4 Å². The molecule has 3 rings (SSSR count). The number of phenols is 2. The van der Waals surface area contributed by atoms with Crippen LogP contribution in [0.1, 0.15) is 22.3 Å². The molecule has 4 bridgehead atoms. The van der Waals surface area contributed by atoms with Crippen LogP contribution in [0.5, 0.6) is 11.5 Å². The lowest BCUT2D eigenvalue weighted by molar-refractivity contribution is 0.451. The molecule has 0 spiro atoms. The maximum Gasteiger partial charge on any atom is 0.124 e. The van der Waals surface area contributed by atoms with Crippen LogP contribution >= 0.6 is 0 Å². The van der Waals surface area contributed by atoms with Gasteiger partial charge >= 0.3 is 0 Å². The highest BCUT2D eigenvalue weighted by molar-refractivity contribution is 5.41. The van der Waals surface area contributed by atoms with Crippen molar-refractivity contribution in [1.29, 1.82) is 0 Å². The van der Waals surface area contributed by atoms with Crippen LogP contribution in [0, 0.1) is 0 Å². The monoisotopic (exact) mass is 442 g/mol. The van der Waals surface area contributed by atoms with Gasteiger partial charge in [0, 0.05) is 101 Å². The topological polar surface area (TPSA) is 113 Å². The number of benzene rings is 2. The number of nitrogens with one attached hydrogen (secondary N) is 6. The fourth-order valence-corrected chi connectivity index (χ4v) is 3.71. The van der Waals surface area contributed by atoms with Crippen molar-refractivity contribution in [3.05, 3.63) is 58.7 Å². The zero-order chi connectivity index (χ0) is 22.4. The van der Waals surface area contributed by atoms with Crippen molar-refractivity contribution in [3.63, 3.8) is 0 Å². The number of rotatable bonds is 0. The minimum Gasteiger partial charge on any atom is -0.507 e. The van der Waals surface area contributed by atoms with Gasteiger partial charge < -0.3 is 42.1 Å². The Hall–Kier alpha value is -2.20. The Morgan fingerprint density at radius 3 is 0.938 bits per heavy atom. The molecule has 176 valence electrons.